The highest BCUT2D eigenvalue weighted by Gasteiger charge is 2.45. The molecule has 1 heterocycles. The summed E-state index contributed by atoms with van der Waals surface area (Å²) in [4.78, 5) is 0. The lowest BCUT2D eigenvalue weighted by molar-refractivity contribution is 0.147. The SMILES string of the molecule is COc1ccc(C2(c3ccc(OC)cc3)C=CC3=C4OCCC5=CC=CC54C=CC3=C2)cc1. The molecule has 3 heteroatoms. The van der Waals surface area contributed by atoms with Gasteiger partial charge in [-0.15, -0.1) is 0 Å². The van der Waals surface area contributed by atoms with Crippen LogP contribution in [0.2, 0.25) is 0 Å². The first-order chi connectivity index (χ1) is 16.2. The van der Waals surface area contributed by atoms with Gasteiger partial charge in [0.1, 0.15) is 17.3 Å². The average molecular weight is 435 g/mol. The Morgan fingerprint density at radius 1 is 0.758 bits per heavy atom. The van der Waals surface area contributed by atoms with Crippen LogP contribution in [-0.2, 0) is 10.2 Å². The fraction of sp³-hybridized carbons (Fsp3) is 0.200. The van der Waals surface area contributed by atoms with Gasteiger partial charge in [-0.25, -0.2) is 0 Å². The van der Waals surface area contributed by atoms with Crippen molar-refractivity contribution in [1.29, 1.82) is 0 Å². The van der Waals surface area contributed by atoms with Gasteiger partial charge in [0.05, 0.1) is 31.7 Å². The Kier molecular flexibility index (Phi) is 4.48. The number of methoxy groups -OCH3 is 2. The van der Waals surface area contributed by atoms with Crippen molar-refractivity contribution < 1.29 is 14.2 Å². The zero-order chi connectivity index (χ0) is 22.5. The van der Waals surface area contributed by atoms with Gasteiger partial charge in [0.15, 0.2) is 0 Å². The van der Waals surface area contributed by atoms with Gasteiger partial charge in [0.2, 0.25) is 0 Å². The van der Waals surface area contributed by atoms with E-state index in [0.717, 1.165) is 30.3 Å². The van der Waals surface area contributed by atoms with Crippen molar-refractivity contribution in [2.75, 3.05) is 20.8 Å². The molecule has 2 aromatic rings. The van der Waals surface area contributed by atoms with Gasteiger partial charge in [-0.1, -0.05) is 72.9 Å². The third kappa shape index (κ3) is 2.88. The maximum Gasteiger partial charge on any atom is 0.122 e. The Hall–Kier alpha value is -3.72. The van der Waals surface area contributed by atoms with Crippen molar-refractivity contribution in [2.45, 2.75) is 11.8 Å². The second kappa shape index (κ2) is 7.41. The molecule has 1 fully saturated rings. The van der Waals surface area contributed by atoms with E-state index in [4.69, 9.17) is 14.2 Å². The standard InChI is InChI=1S/C30H26O3/c1-31-25-9-5-23(6-10-25)30(24-7-11-26(32-2)12-8-24)18-14-27-21(20-30)13-17-29-16-3-4-22(29)15-19-33-28(27)29/h3-14,16-18,20H,15,19H2,1-2H3. The molecule has 164 valence electrons. The minimum Gasteiger partial charge on any atom is -0.497 e. The molecule has 1 unspecified atom stereocenters. The van der Waals surface area contributed by atoms with Crippen LogP contribution in [0.5, 0.6) is 11.5 Å². The lowest BCUT2D eigenvalue weighted by Gasteiger charge is -2.41. The van der Waals surface area contributed by atoms with Crippen molar-refractivity contribution in [2.24, 2.45) is 5.41 Å². The van der Waals surface area contributed by atoms with Crippen LogP contribution in [0.4, 0.5) is 0 Å². The van der Waals surface area contributed by atoms with Crippen molar-refractivity contribution in [1.82, 2.24) is 0 Å². The minimum absolute atomic E-state index is 0.213. The Morgan fingerprint density at radius 3 is 2.03 bits per heavy atom. The van der Waals surface area contributed by atoms with Crippen LogP contribution < -0.4 is 9.47 Å². The molecule has 2 aromatic carbocycles. The summed E-state index contributed by atoms with van der Waals surface area (Å²) < 4.78 is 17.1. The van der Waals surface area contributed by atoms with Crippen LogP contribution in [0.1, 0.15) is 17.5 Å². The number of hydrogen-bond acceptors (Lipinski definition) is 3. The summed E-state index contributed by atoms with van der Waals surface area (Å²) in [5.74, 6) is 2.75. The summed E-state index contributed by atoms with van der Waals surface area (Å²) in [6.45, 7) is 0.727. The topological polar surface area (TPSA) is 27.7 Å². The maximum absolute atomic E-state index is 6.31. The molecule has 1 saturated heterocycles. The molecular formula is C30H26O3. The van der Waals surface area contributed by atoms with E-state index in [1.807, 2.05) is 24.3 Å². The zero-order valence-corrected chi connectivity index (χ0v) is 18.9. The van der Waals surface area contributed by atoms with Crippen LogP contribution in [0.15, 0.2) is 120 Å². The highest BCUT2D eigenvalue weighted by atomic mass is 16.5. The lowest BCUT2D eigenvalue weighted by Crippen LogP contribution is -2.32. The Labute approximate surface area is 194 Å². The van der Waals surface area contributed by atoms with Gasteiger partial charge < -0.3 is 14.2 Å². The van der Waals surface area contributed by atoms with E-state index in [1.54, 1.807) is 14.2 Å². The van der Waals surface area contributed by atoms with Crippen molar-refractivity contribution in [3.63, 3.8) is 0 Å². The fourth-order valence-corrected chi connectivity index (χ4v) is 5.50. The first-order valence-electron chi connectivity index (χ1n) is 11.4. The molecule has 6 rings (SSSR count). The number of rotatable bonds is 4. The molecular weight excluding hydrogens is 408 g/mol. The fourth-order valence-electron chi connectivity index (χ4n) is 5.50. The quantitative estimate of drug-likeness (QED) is 0.572. The van der Waals surface area contributed by atoms with E-state index in [1.165, 1.54) is 27.8 Å². The van der Waals surface area contributed by atoms with E-state index in [2.05, 4.69) is 72.9 Å². The Morgan fingerprint density at radius 2 is 1.39 bits per heavy atom. The van der Waals surface area contributed by atoms with E-state index < -0.39 is 5.41 Å². The molecule has 1 aliphatic heterocycles. The summed E-state index contributed by atoms with van der Waals surface area (Å²) in [5.41, 5.74) is 5.52. The number of ether oxygens (including phenoxy) is 3. The monoisotopic (exact) mass is 434 g/mol. The van der Waals surface area contributed by atoms with E-state index in [0.29, 0.717) is 0 Å². The Bertz CT molecular complexity index is 1240. The summed E-state index contributed by atoms with van der Waals surface area (Å²) >= 11 is 0. The van der Waals surface area contributed by atoms with E-state index >= 15 is 0 Å². The normalized spacial score (nSPS) is 23.7. The third-order valence-corrected chi connectivity index (χ3v) is 7.29. The van der Waals surface area contributed by atoms with Crippen LogP contribution in [-0.4, -0.2) is 20.8 Å². The highest BCUT2D eigenvalue weighted by Crippen LogP contribution is 2.54. The predicted molar refractivity (Wildman–Crippen MR) is 130 cm³/mol. The van der Waals surface area contributed by atoms with Gasteiger partial charge in [0, 0.05) is 12.0 Å². The van der Waals surface area contributed by atoms with E-state index in [-0.39, 0.29) is 5.41 Å². The van der Waals surface area contributed by atoms with Gasteiger partial charge in [-0.3, -0.25) is 0 Å². The van der Waals surface area contributed by atoms with Gasteiger partial charge in [0.25, 0.3) is 0 Å². The number of allylic oxidation sites excluding steroid dienone is 9. The first-order valence-corrected chi connectivity index (χ1v) is 11.4. The molecule has 4 aliphatic rings. The molecule has 1 atom stereocenters. The number of benzene rings is 2. The predicted octanol–water partition coefficient (Wildman–Crippen LogP) is 6.21. The summed E-state index contributed by atoms with van der Waals surface area (Å²) in [6, 6.07) is 16.7. The molecule has 0 aromatic heterocycles. The Balaban J connectivity index is 1.52. The second-order valence-corrected chi connectivity index (χ2v) is 8.85. The number of fused-ring (bicyclic) bond motifs is 1. The zero-order valence-electron chi connectivity index (χ0n) is 18.9. The second-order valence-electron chi connectivity index (χ2n) is 8.85. The average Bonchev–Trinajstić information content (AvgIpc) is 3.31. The maximum atomic E-state index is 6.31. The molecule has 0 amide bonds. The summed E-state index contributed by atoms with van der Waals surface area (Å²) in [6.07, 6.45) is 19.1. The summed E-state index contributed by atoms with van der Waals surface area (Å²) in [7, 11) is 3.39. The molecule has 33 heavy (non-hydrogen) atoms. The molecule has 0 radical (unpaired) electrons. The van der Waals surface area contributed by atoms with Gasteiger partial charge in [-0.2, -0.15) is 0 Å². The first kappa shape index (κ1) is 19.9. The van der Waals surface area contributed by atoms with Gasteiger partial charge >= 0.3 is 0 Å². The largest absolute Gasteiger partial charge is 0.497 e. The lowest BCUT2D eigenvalue weighted by atomic mass is 9.66. The van der Waals surface area contributed by atoms with Crippen molar-refractivity contribution >= 4 is 0 Å². The molecule has 3 nitrogen and oxygen atoms in total. The molecule has 0 N–H and O–H groups in total. The molecule has 3 aliphatic carbocycles. The van der Waals surface area contributed by atoms with Crippen LogP contribution >= 0.6 is 0 Å². The van der Waals surface area contributed by atoms with Crippen LogP contribution in [0, 0.1) is 5.41 Å². The van der Waals surface area contributed by atoms with Crippen molar-refractivity contribution in [3.05, 3.63) is 131 Å². The third-order valence-electron chi connectivity index (χ3n) is 7.29. The van der Waals surface area contributed by atoms with E-state index in [9.17, 15) is 0 Å². The molecule has 0 saturated carbocycles. The molecule has 0 bridgehead atoms. The van der Waals surface area contributed by atoms with Crippen LogP contribution in [0.25, 0.3) is 0 Å². The highest BCUT2D eigenvalue weighted by molar-refractivity contribution is 5.67. The smallest absolute Gasteiger partial charge is 0.122 e. The summed E-state index contributed by atoms with van der Waals surface area (Å²) in [5, 5.41) is 0. The van der Waals surface area contributed by atoms with Crippen LogP contribution in [0.3, 0.4) is 0 Å². The number of hydrogen-bond donors (Lipinski definition) is 0. The van der Waals surface area contributed by atoms with Crippen molar-refractivity contribution in [3.8, 4) is 11.5 Å². The molecule has 1 spiro atoms. The van der Waals surface area contributed by atoms with Gasteiger partial charge in [-0.05, 0) is 46.5 Å². The minimum atomic E-state index is -0.411.